The van der Waals surface area contributed by atoms with E-state index in [1.165, 1.54) is 0 Å². The van der Waals surface area contributed by atoms with E-state index in [4.69, 9.17) is 81.2 Å². The summed E-state index contributed by atoms with van der Waals surface area (Å²) >= 11 is 44.5. The van der Waals surface area contributed by atoms with Crippen molar-refractivity contribution in [2.24, 2.45) is 11.8 Å². The summed E-state index contributed by atoms with van der Waals surface area (Å²) in [7, 11) is 0. The van der Waals surface area contributed by atoms with E-state index < -0.39 is 14.1 Å². The summed E-state index contributed by atoms with van der Waals surface area (Å²) in [5.41, 5.74) is 0. The molecule has 3 rings (SSSR count). The van der Waals surface area contributed by atoms with Gasteiger partial charge in [0, 0.05) is 11.8 Å². The highest BCUT2D eigenvalue weighted by Gasteiger charge is 2.83. The topological polar surface area (TPSA) is 0 Å². The maximum Gasteiger partial charge on any atom is 0.167 e. The molecule has 0 heterocycles. The van der Waals surface area contributed by atoms with Gasteiger partial charge in [-0.2, -0.15) is 0 Å². The molecule has 0 amide bonds. The highest BCUT2D eigenvalue weighted by atomic mass is 35.5. The number of allylic oxidation sites excluding steroid dienone is 4. The van der Waals surface area contributed by atoms with Gasteiger partial charge in [-0.05, 0) is 0 Å². The number of rotatable bonds is 0. The standard InChI is InChI=1S/C10H5Cl7/c11-4-2-1-3-5(4)9(15)7(13)6(12)8(3,14)10(9,16)17/h1-5H/t3-,4-,5-,8-,9+/m1/s1. The first-order chi connectivity index (χ1) is 7.70. The molecule has 0 aromatic carbocycles. The lowest BCUT2D eigenvalue weighted by atomic mass is 9.84. The molecular formula is C10H5Cl7. The number of hydrogen-bond acceptors (Lipinski definition) is 0. The zero-order valence-electron chi connectivity index (χ0n) is 8.03. The van der Waals surface area contributed by atoms with Gasteiger partial charge in [0.2, 0.25) is 0 Å². The van der Waals surface area contributed by atoms with Crippen molar-refractivity contribution in [1.29, 1.82) is 0 Å². The van der Waals surface area contributed by atoms with Crippen LogP contribution in [0.1, 0.15) is 0 Å². The Bertz CT molecular complexity index is 467. The summed E-state index contributed by atoms with van der Waals surface area (Å²) in [6.07, 6.45) is 3.69. The van der Waals surface area contributed by atoms with Crippen molar-refractivity contribution in [3.05, 3.63) is 22.2 Å². The van der Waals surface area contributed by atoms with Gasteiger partial charge in [0.05, 0.1) is 15.4 Å². The normalized spacial score (nSPS) is 54.6. The lowest BCUT2D eigenvalue weighted by Gasteiger charge is -2.34. The smallest absolute Gasteiger partial charge is 0.118 e. The maximum absolute atomic E-state index is 6.57. The summed E-state index contributed by atoms with van der Waals surface area (Å²) in [4.78, 5) is -2.45. The number of halogens is 7. The maximum atomic E-state index is 6.57. The van der Waals surface area contributed by atoms with Crippen LogP contribution in [0.3, 0.4) is 0 Å². The summed E-state index contributed by atoms with van der Waals surface area (Å²) < 4.78 is -1.48. The summed E-state index contributed by atoms with van der Waals surface area (Å²) in [6, 6.07) is 0. The van der Waals surface area contributed by atoms with Gasteiger partial charge in [0.15, 0.2) is 4.33 Å². The van der Waals surface area contributed by atoms with E-state index in [-0.39, 0.29) is 27.3 Å². The van der Waals surface area contributed by atoms with E-state index in [0.29, 0.717) is 0 Å². The predicted molar refractivity (Wildman–Crippen MR) is 76.1 cm³/mol. The van der Waals surface area contributed by atoms with Crippen molar-refractivity contribution < 1.29 is 0 Å². The Balaban J connectivity index is 2.32. The van der Waals surface area contributed by atoms with Crippen molar-refractivity contribution in [2.75, 3.05) is 0 Å². The third-order valence-electron chi connectivity index (χ3n) is 3.90. The van der Waals surface area contributed by atoms with Gasteiger partial charge in [0.1, 0.15) is 9.75 Å². The van der Waals surface area contributed by atoms with Crippen molar-refractivity contribution in [3.8, 4) is 0 Å². The average Bonchev–Trinajstić information content (AvgIpc) is 2.73. The van der Waals surface area contributed by atoms with Crippen molar-refractivity contribution in [1.82, 2.24) is 0 Å². The molecular weight excluding hydrogens is 368 g/mol. The summed E-state index contributed by atoms with van der Waals surface area (Å²) in [6.45, 7) is 0. The molecule has 0 spiro atoms. The Kier molecular flexibility index (Phi) is 2.84. The Morgan fingerprint density at radius 2 is 1.41 bits per heavy atom. The molecule has 0 aromatic rings. The van der Waals surface area contributed by atoms with Crippen LogP contribution in [0, 0.1) is 11.8 Å². The second-order valence-electron chi connectivity index (χ2n) is 4.51. The van der Waals surface area contributed by atoms with Crippen LogP contribution >= 0.6 is 81.2 Å². The first kappa shape index (κ1) is 13.5. The lowest BCUT2D eigenvalue weighted by Crippen LogP contribution is -2.45. The second kappa shape index (κ2) is 3.58. The van der Waals surface area contributed by atoms with Crippen molar-refractivity contribution in [3.63, 3.8) is 0 Å². The number of alkyl halides is 5. The monoisotopic (exact) mass is 370 g/mol. The molecule has 3 aliphatic carbocycles. The quantitative estimate of drug-likeness (QED) is 0.402. The molecule has 5 atom stereocenters. The first-order valence-corrected chi connectivity index (χ1v) is 7.55. The lowest BCUT2D eigenvalue weighted by molar-refractivity contribution is 0.420. The molecule has 0 aromatic heterocycles. The Labute approximate surface area is 134 Å². The van der Waals surface area contributed by atoms with Gasteiger partial charge in [-0.3, -0.25) is 0 Å². The molecule has 0 saturated heterocycles. The minimum atomic E-state index is -1.48. The molecule has 2 bridgehead atoms. The molecule has 94 valence electrons. The fraction of sp³-hybridized carbons (Fsp3) is 0.600. The Morgan fingerprint density at radius 3 is 2.00 bits per heavy atom. The van der Waals surface area contributed by atoms with Gasteiger partial charge in [-0.1, -0.05) is 58.6 Å². The fourth-order valence-electron chi connectivity index (χ4n) is 3.08. The van der Waals surface area contributed by atoms with Crippen molar-refractivity contribution >= 4 is 81.2 Å². The summed E-state index contributed by atoms with van der Waals surface area (Å²) in [5, 5.41) is 0.113. The third-order valence-corrected chi connectivity index (χ3v) is 8.61. The average molecular weight is 373 g/mol. The third kappa shape index (κ3) is 1.15. The minimum absolute atomic E-state index is 0.205. The Morgan fingerprint density at radius 1 is 0.882 bits per heavy atom. The first-order valence-electron chi connectivity index (χ1n) is 4.85. The minimum Gasteiger partial charge on any atom is -0.118 e. The molecule has 0 unspecified atom stereocenters. The van der Waals surface area contributed by atoms with E-state index in [2.05, 4.69) is 0 Å². The summed E-state index contributed by atoms with van der Waals surface area (Å²) in [5.74, 6) is -0.470. The van der Waals surface area contributed by atoms with Crippen LogP contribution in [-0.4, -0.2) is 19.5 Å². The second-order valence-corrected chi connectivity index (χ2v) is 8.29. The van der Waals surface area contributed by atoms with Gasteiger partial charge < -0.3 is 0 Å². The molecule has 0 aliphatic heterocycles. The van der Waals surface area contributed by atoms with Crippen molar-refractivity contribution in [2.45, 2.75) is 19.5 Å². The van der Waals surface area contributed by atoms with Crippen LogP contribution in [0.15, 0.2) is 22.2 Å². The van der Waals surface area contributed by atoms with E-state index >= 15 is 0 Å². The predicted octanol–water partition coefficient (Wildman–Crippen LogP) is 5.24. The Hall–Kier alpha value is 1.51. The highest BCUT2D eigenvalue weighted by molar-refractivity contribution is 6.66. The molecule has 0 nitrogen and oxygen atoms in total. The van der Waals surface area contributed by atoms with Crippen LogP contribution in [0.5, 0.6) is 0 Å². The van der Waals surface area contributed by atoms with Gasteiger partial charge in [-0.25, -0.2) is 0 Å². The van der Waals surface area contributed by atoms with Crippen LogP contribution in [0.2, 0.25) is 0 Å². The van der Waals surface area contributed by atoms with Gasteiger partial charge in [-0.15, -0.1) is 34.8 Å². The van der Waals surface area contributed by atoms with Crippen LogP contribution in [0.25, 0.3) is 0 Å². The molecule has 0 N–H and O–H groups in total. The van der Waals surface area contributed by atoms with E-state index in [0.717, 1.165) is 0 Å². The molecule has 0 radical (unpaired) electrons. The molecule has 7 heteroatoms. The molecule has 1 saturated carbocycles. The van der Waals surface area contributed by atoms with E-state index in [1.54, 1.807) is 0 Å². The van der Waals surface area contributed by atoms with Gasteiger partial charge >= 0.3 is 0 Å². The fourth-order valence-corrected chi connectivity index (χ4v) is 6.60. The van der Waals surface area contributed by atoms with E-state index in [1.807, 2.05) is 12.2 Å². The van der Waals surface area contributed by atoms with Crippen LogP contribution < -0.4 is 0 Å². The molecule has 3 aliphatic rings. The van der Waals surface area contributed by atoms with E-state index in [9.17, 15) is 0 Å². The zero-order chi connectivity index (χ0) is 12.8. The zero-order valence-corrected chi connectivity index (χ0v) is 13.3. The number of fused-ring (bicyclic) bond motifs is 5. The van der Waals surface area contributed by atoms with Crippen LogP contribution in [-0.2, 0) is 0 Å². The van der Waals surface area contributed by atoms with Crippen LogP contribution in [0.4, 0.5) is 0 Å². The SMILES string of the molecule is ClC1=C(Cl)[C@]2(Cl)[C@@H]3C=C[C@@H](Cl)[C@@H]3[C@@]1(Cl)C2(Cl)Cl. The molecule has 17 heavy (non-hydrogen) atoms. The van der Waals surface area contributed by atoms with Gasteiger partial charge in [0.25, 0.3) is 0 Å². The molecule has 1 fully saturated rings. The number of hydrogen-bond donors (Lipinski definition) is 0. The largest absolute Gasteiger partial charge is 0.167 e. The highest BCUT2D eigenvalue weighted by Crippen LogP contribution is 2.78.